The van der Waals surface area contributed by atoms with Crippen LogP contribution in [0.1, 0.15) is 27.9 Å². The molecule has 0 fully saturated rings. The van der Waals surface area contributed by atoms with Gasteiger partial charge in [0, 0.05) is 18.5 Å². The van der Waals surface area contributed by atoms with Gasteiger partial charge in [-0.1, -0.05) is 17.7 Å². The number of carbonyl (C=O) groups is 2. The number of nitrogens with zero attached hydrogens (tertiary/aromatic N) is 1. The van der Waals surface area contributed by atoms with Gasteiger partial charge in [0.15, 0.2) is 17.3 Å². The maximum atomic E-state index is 12.8. The molecule has 0 saturated heterocycles. The Morgan fingerprint density at radius 1 is 1.08 bits per heavy atom. The molecule has 2 aromatic carbocycles. The lowest BCUT2D eigenvalue weighted by Gasteiger charge is -2.29. The van der Waals surface area contributed by atoms with Crippen molar-refractivity contribution >= 4 is 17.4 Å². The van der Waals surface area contributed by atoms with E-state index in [0.717, 1.165) is 11.1 Å². The first-order valence-electron chi connectivity index (χ1n) is 8.18. The van der Waals surface area contributed by atoms with Gasteiger partial charge in [0.1, 0.15) is 0 Å². The van der Waals surface area contributed by atoms with Crippen LogP contribution in [0.4, 0.5) is 5.69 Å². The van der Waals surface area contributed by atoms with Crippen LogP contribution in [-0.4, -0.2) is 32.5 Å². The van der Waals surface area contributed by atoms with Crippen LogP contribution in [0.2, 0.25) is 0 Å². The fraction of sp³-hybridized carbons (Fsp3) is 0.300. The molecular weight excluding hydrogens is 318 g/mol. The summed E-state index contributed by atoms with van der Waals surface area (Å²) in [6, 6.07) is 11.1. The number of benzene rings is 2. The third-order valence-electron chi connectivity index (χ3n) is 4.41. The fourth-order valence-corrected chi connectivity index (χ4v) is 3.10. The van der Waals surface area contributed by atoms with Gasteiger partial charge in [-0.15, -0.1) is 0 Å². The summed E-state index contributed by atoms with van der Waals surface area (Å²) in [7, 11) is 3.14. The van der Waals surface area contributed by atoms with Crippen molar-refractivity contribution in [2.45, 2.75) is 19.8 Å². The van der Waals surface area contributed by atoms with Gasteiger partial charge in [-0.3, -0.25) is 9.59 Å². The maximum Gasteiger partial charge on any atom is 0.231 e. The van der Waals surface area contributed by atoms with Crippen LogP contribution < -0.4 is 14.4 Å². The Morgan fingerprint density at radius 3 is 2.56 bits per heavy atom. The van der Waals surface area contributed by atoms with Gasteiger partial charge < -0.3 is 14.4 Å². The van der Waals surface area contributed by atoms with E-state index in [-0.39, 0.29) is 18.1 Å². The van der Waals surface area contributed by atoms with Crippen molar-refractivity contribution in [3.8, 4) is 11.5 Å². The highest BCUT2D eigenvalue weighted by atomic mass is 16.5. The zero-order valence-corrected chi connectivity index (χ0v) is 14.7. The Balaban J connectivity index is 1.85. The van der Waals surface area contributed by atoms with Crippen molar-refractivity contribution in [3.63, 3.8) is 0 Å². The van der Waals surface area contributed by atoms with E-state index in [9.17, 15) is 9.59 Å². The summed E-state index contributed by atoms with van der Waals surface area (Å²) in [5, 5.41) is 0. The predicted molar refractivity (Wildman–Crippen MR) is 95.7 cm³/mol. The SMILES string of the molecule is COc1ccc(CC(=O)N2CCC(=O)c3cc(C)ccc32)cc1OC. The van der Waals surface area contributed by atoms with Gasteiger partial charge in [-0.05, 0) is 36.8 Å². The monoisotopic (exact) mass is 339 g/mol. The van der Waals surface area contributed by atoms with E-state index >= 15 is 0 Å². The first-order chi connectivity index (χ1) is 12.0. The number of ether oxygens (including phenoxy) is 2. The molecule has 1 aliphatic heterocycles. The van der Waals surface area contributed by atoms with Crippen LogP contribution in [0.15, 0.2) is 36.4 Å². The summed E-state index contributed by atoms with van der Waals surface area (Å²) in [6.07, 6.45) is 0.593. The molecule has 0 saturated carbocycles. The molecule has 0 aromatic heterocycles. The minimum atomic E-state index is -0.0372. The Labute approximate surface area is 147 Å². The van der Waals surface area contributed by atoms with Crippen molar-refractivity contribution in [3.05, 3.63) is 53.1 Å². The molecule has 0 aliphatic carbocycles. The fourth-order valence-electron chi connectivity index (χ4n) is 3.10. The number of hydrogen-bond acceptors (Lipinski definition) is 4. The van der Waals surface area contributed by atoms with E-state index in [2.05, 4.69) is 0 Å². The normalized spacial score (nSPS) is 13.4. The number of ketones is 1. The second-order valence-electron chi connectivity index (χ2n) is 6.11. The van der Waals surface area contributed by atoms with Crippen LogP contribution in [0.25, 0.3) is 0 Å². The van der Waals surface area contributed by atoms with E-state index < -0.39 is 0 Å². The largest absolute Gasteiger partial charge is 0.493 e. The second-order valence-corrected chi connectivity index (χ2v) is 6.11. The third-order valence-corrected chi connectivity index (χ3v) is 4.41. The molecule has 25 heavy (non-hydrogen) atoms. The molecule has 5 heteroatoms. The van der Waals surface area contributed by atoms with Gasteiger partial charge in [0.25, 0.3) is 0 Å². The standard InChI is InChI=1S/C20H21NO4/c1-13-4-6-16-15(10-13)17(22)8-9-21(16)20(23)12-14-5-7-18(24-2)19(11-14)25-3/h4-7,10-11H,8-9,12H2,1-3H3. The highest BCUT2D eigenvalue weighted by Gasteiger charge is 2.27. The average Bonchev–Trinajstić information content (AvgIpc) is 2.62. The molecule has 0 unspecified atom stereocenters. The zero-order valence-electron chi connectivity index (χ0n) is 14.7. The third kappa shape index (κ3) is 3.36. The summed E-state index contributed by atoms with van der Waals surface area (Å²) < 4.78 is 10.5. The lowest BCUT2D eigenvalue weighted by Crippen LogP contribution is -2.38. The Morgan fingerprint density at radius 2 is 1.84 bits per heavy atom. The molecule has 0 radical (unpaired) electrons. The smallest absolute Gasteiger partial charge is 0.231 e. The molecule has 3 rings (SSSR count). The first-order valence-corrected chi connectivity index (χ1v) is 8.18. The molecule has 1 heterocycles. The Kier molecular flexibility index (Phi) is 4.74. The number of carbonyl (C=O) groups excluding carboxylic acids is 2. The number of amides is 1. The van der Waals surface area contributed by atoms with Crippen molar-refractivity contribution in [1.82, 2.24) is 0 Å². The van der Waals surface area contributed by atoms with Crippen molar-refractivity contribution in [2.24, 2.45) is 0 Å². The number of rotatable bonds is 4. The number of methoxy groups -OCH3 is 2. The van der Waals surface area contributed by atoms with E-state index in [0.29, 0.717) is 35.7 Å². The maximum absolute atomic E-state index is 12.8. The number of fused-ring (bicyclic) bond motifs is 1. The van der Waals surface area contributed by atoms with Crippen molar-refractivity contribution < 1.29 is 19.1 Å². The summed E-state index contributed by atoms with van der Waals surface area (Å²) >= 11 is 0. The molecule has 0 atom stereocenters. The molecule has 0 bridgehead atoms. The highest BCUT2D eigenvalue weighted by molar-refractivity contribution is 6.09. The first kappa shape index (κ1) is 17.0. The minimum absolute atomic E-state index is 0.0372. The second kappa shape index (κ2) is 6.97. The number of Topliss-reactive ketones (excluding diaryl/α,β-unsaturated/α-hetero) is 1. The molecular formula is C20H21NO4. The van der Waals surface area contributed by atoms with E-state index in [1.807, 2.05) is 37.3 Å². The van der Waals surface area contributed by atoms with E-state index in [4.69, 9.17) is 9.47 Å². The summed E-state index contributed by atoms with van der Waals surface area (Å²) in [5.74, 6) is 1.28. The summed E-state index contributed by atoms with van der Waals surface area (Å²) in [5.41, 5.74) is 3.19. The highest BCUT2D eigenvalue weighted by Crippen LogP contribution is 2.30. The van der Waals surface area contributed by atoms with Crippen molar-refractivity contribution in [1.29, 1.82) is 0 Å². The lowest BCUT2D eigenvalue weighted by atomic mass is 9.97. The number of anilines is 1. The molecule has 130 valence electrons. The van der Waals surface area contributed by atoms with Gasteiger partial charge in [0.2, 0.25) is 5.91 Å². The topological polar surface area (TPSA) is 55.8 Å². The zero-order chi connectivity index (χ0) is 18.0. The Bertz CT molecular complexity index is 828. The molecule has 1 amide bonds. The van der Waals surface area contributed by atoms with Gasteiger partial charge in [-0.2, -0.15) is 0 Å². The predicted octanol–water partition coefficient (Wildman–Crippen LogP) is 3.17. The number of aryl methyl sites for hydroxylation is 1. The van der Waals surface area contributed by atoms with Crippen LogP contribution in [0.5, 0.6) is 11.5 Å². The minimum Gasteiger partial charge on any atom is -0.493 e. The molecule has 2 aromatic rings. The van der Waals surface area contributed by atoms with Crippen LogP contribution in [-0.2, 0) is 11.2 Å². The van der Waals surface area contributed by atoms with Gasteiger partial charge >= 0.3 is 0 Å². The summed E-state index contributed by atoms with van der Waals surface area (Å²) in [4.78, 5) is 26.7. The van der Waals surface area contributed by atoms with Gasteiger partial charge in [0.05, 0.1) is 26.3 Å². The molecule has 0 spiro atoms. The quantitative estimate of drug-likeness (QED) is 0.858. The lowest BCUT2D eigenvalue weighted by molar-refractivity contribution is -0.118. The van der Waals surface area contributed by atoms with Crippen LogP contribution >= 0.6 is 0 Å². The van der Waals surface area contributed by atoms with Crippen LogP contribution in [0.3, 0.4) is 0 Å². The average molecular weight is 339 g/mol. The van der Waals surface area contributed by atoms with Crippen LogP contribution in [0, 0.1) is 6.92 Å². The molecule has 5 nitrogen and oxygen atoms in total. The van der Waals surface area contributed by atoms with E-state index in [1.54, 1.807) is 25.2 Å². The Hall–Kier alpha value is -2.82. The number of hydrogen-bond donors (Lipinski definition) is 0. The molecule has 0 N–H and O–H groups in total. The van der Waals surface area contributed by atoms with Crippen molar-refractivity contribution in [2.75, 3.05) is 25.7 Å². The summed E-state index contributed by atoms with van der Waals surface area (Å²) in [6.45, 7) is 2.36. The molecule has 1 aliphatic rings. The van der Waals surface area contributed by atoms with E-state index in [1.165, 1.54) is 0 Å². The van der Waals surface area contributed by atoms with Gasteiger partial charge in [-0.25, -0.2) is 0 Å².